The van der Waals surface area contributed by atoms with Crippen molar-refractivity contribution in [1.29, 1.82) is 0 Å². The van der Waals surface area contributed by atoms with E-state index >= 15 is 0 Å². The Kier molecular flexibility index (Phi) is 6.08. The number of carbonyl (C=O) groups is 2. The summed E-state index contributed by atoms with van der Waals surface area (Å²) in [6, 6.07) is 14.5. The third-order valence-electron chi connectivity index (χ3n) is 3.49. The quantitative estimate of drug-likeness (QED) is 0.444. The van der Waals surface area contributed by atoms with Crippen LogP contribution in [0.1, 0.15) is 11.1 Å². The molecule has 0 aliphatic heterocycles. The van der Waals surface area contributed by atoms with Crippen molar-refractivity contribution in [2.75, 3.05) is 14.2 Å². The largest absolute Gasteiger partial charge is 0.496 e. The van der Waals surface area contributed by atoms with E-state index in [9.17, 15) is 9.59 Å². The second-order valence-electron chi connectivity index (χ2n) is 4.92. The summed E-state index contributed by atoms with van der Waals surface area (Å²) in [5, 5.41) is 0. The van der Waals surface area contributed by atoms with Gasteiger partial charge in [-0.3, -0.25) is 9.59 Å². The lowest BCUT2D eigenvalue weighted by Gasteiger charge is -2.07. The summed E-state index contributed by atoms with van der Waals surface area (Å²) in [6.07, 6.45) is 4.56. The number of ether oxygens (including phenoxy) is 2. The molecule has 2 aromatic rings. The fraction of sp³-hybridized carbons (Fsp3) is 0.100. The number of aldehydes is 2. The fourth-order valence-electron chi connectivity index (χ4n) is 2.28. The number of rotatable bonds is 7. The lowest BCUT2D eigenvalue weighted by atomic mass is 10.0. The summed E-state index contributed by atoms with van der Waals surface area (Å²) >= 11 is 0. The van der Waals surface area contributed by atoms with E-state index in [0.717, 1.165) is 11.1 Å². The van der Waals surface area contributed by atoms with Crippen LogP contribution in [0, 0.1) is 0 Å². The van der Waals surface area contributed by atoms with Crippen molar-refractivity contribution in [3.8, 4) is 11.5 Å². The highest BCUT2D eigenvalue weighted by atomic mass is 16.5. The topological polar surface area (TPSA) is 52.6 Å². The van der Waals surface area contributed by atoms with Gasteiger partial charge in [-0.05, 0) is 24.3 Å². The Morgan fingerprint density at radius 3 is 1.42 bits per heavy atom. The lowest BCUT2D eigenvalue weighted by Crippen LogP contribution is -1.95. The van der Waals surface area contributed by atoms with Gasteiger partial charge in [0.05, 0.1) is 14.2 Å². The number of allylic oxidation sites excluding steroid dienone is 2. The Morgan fingerprint density at radius 2 is 1.08 bits per heavy atom. The van der Waals surface area contributed by atoms with E-state index < -0.39 is 0 Å². The van der Waals surface area contributed by atoms with Crippen molar-refractivity contribution in [3.05, 3.63) is 70.8 Å². The second-order valence-corrected chi connectivity index (χ2v) is 4.92. The average molecular weight is 322 g/mol. The van der Waals surface area contributed by atoms with Crippen LogP contribution in [0.4, 0.5) is 0 Å². The van der Waals surface area contributed by atoms with Crippen LogP contribution in [0.2, 0.25) is 0 Å². The second kappa shape index (κ2) is 8.48. The van der Waals surface area contributed by atoms with Crippen molar-refractivity contribution in [2.24, 2.45) is 0 Å². The summed E-state index contributed by atoms with van der Waals surface area (Å²) in [5.74, 6) is 1.25. The Morgan fingerprint density at radius 1 is 0.708 bits per heavy atom. The monoisotopic (exact) mass is 322 g/mol. The number of hydrogen-bond acceptors (Lipinski definition) is 4. The molecule has 0 saturated heterocycles. The van der Waals surface area contributed by atoms with E-state index in [2.05, 4.69) is 0 Å². The van der Waals surface area contributed by atoms with E-state index in [1.807, 2.05) is 36.4 Å². The number of benzene rings is 2. The van der Waals surface area contributed by atoms with Gasteiger partial charge in [-0.25, -0.2) is 0 Å². The van der Waals surface area contributed by atoms with Crippen LogP contribution in [-0.2, 0) is 9.59 Å². The maximum Gasteiger partial charge on any atom is 0.150 e. The molecule has 0 aliphatic rings. The van der Waals surface area contributed by atoms with Gasteiger partial charge in [0.2, 0.25) is 0 Å². The highest BCUT2D eigenvalue weighted by Crippen LogP contribution is 2.25. The summed E-state index contributed by atoms with van der Waals surface area (Å²) in [4.78, 5) is 23.0. The smallest absolute Gasteiger partial charge is 0.150 e. The SMILES string of the molecule is COc1ccccc1/C=C(C=O)\C(C=O)=C/c1ccccc1OC. The zero-order chi connectivity index (χ0) is 17.4. The molecule has 24 heavy (non-hydrogen) atoms. The maximum atomic E-state index is 11.5. The van der Waals surface area contributed by atoms with Crippen LogP contribution < -0.4 is 9.47 Å². The van der Waals surface area contributed by atoms with Gasteiger partial charge in [-0.1, -0.05) is 36.4 Å². The van der Waals surface area contributed by atoms with Gasteiger partial charge >= 0.3 is 0 Å². The molecular formula is C20H18O4. The molecule has 0 saturated carbocycles. The number of hydrogen-bond donors (Lipinski definition) is 0. The van der Waals surface area contributed by atoms with E-state index in [0.29, 0.717) is 24.1 Å². The molecule has 2 aromatic carbocycles. The molecule has 2 rings (SSSR count). The molecule has 0 aliphatic carbocycles. The molecule has 4 nitrogen and oxygen atoms in total. The predicted octanol–water partition coefficient (Wildman–Crippen LogP) is 3.57. The molecule has 0 unspecified atom stereocenters. The Bertz CT molecular complexity index is 720. The van der Waals surface area contributed by atoms with E-state index in [-0.39, 0.29) is 11.1 Å². The van der Waals surface area contributed by atoms with Crippen molar-refractivity contribution < 1.29 is 19.1 Å². The Hall–Kier alpha value is -3.14. The summed E-state index contributed by atoms with van der Waals surface area (Å²) < 4.78 is 10.5. The van der Waals surface area contributed by atoms with Crippen LogP contribution in [0.25, 0.3) is 12.2 Å². The normalized spacial score (nSPS) is 11.8. The van der Waals surface area contributed by atoms with Gasteiger partial charge in [0.25, 0.3) is 0 Å². The van der Waals surface area contributed by atoms with Crippen LogP contribution in [0.5, 0.6) is 11.5 Å². The fourth-order valence-corrected chi connectivity index (χ4v) is 2.28. The molecular weight excluding hydrogens is 304 g/mol. The van der Waals surface area contributed by atoms with Gasteiger partial charge in [0.15, 0.2) is 12.6 Å². The van der Waals surface area contributed by atoms with Crippen LogP contribution in [0.3, 0.4) is 0 Å². The highest BCUT2D eigenvalue weighted by molar-refractivity contribution is 6.03. The van der Waals surface area contributed by atoms with E-state index in [4.69, 9.17) is 9.47 Å². The Balaban J connectivity index is 2.50. The third kappa shape index (κ3) is 3.98. The van der Waals surface area contributed by atoms with Crippen molar-refractivity contribution in [2.45, 2.75) is 0 Å². The Labute approximate surface area is 141 Å². The van der Waals surface area contributed by atoms with Crippen LogP contribution in [0.15, 0.2) is 59.7 Å². The standard InChI is InChI=1S/C20H18O4/c1-23-19-9-5-3-7-15(19)11-17(13-21)18(14-22)12-16-8-4-6-10-20(16)24-2/h3-14H,1-2H3/b17-11-,18-12-. The minimum atomic E-state index is 0.264. The van der Waals surface area contributed by atoms with Crippen LogP contribution >= 0.6 is 0 Å². The molecule has 0 atom stereocenters. The maximum absolute atomic E-state index is 11.5. The minimum Gasteiger partial charge on any atom is -0.496 e. The van der Waals surface area contributed by atoms with E-state index in [1.165, 1.54) is 0 Å². The molecule has 122 valence electrons. The molecule has 0 N–H and O–H groups in total. The molecule has 0 amide bonds. The number of carbonyl (C=O) groups excluding carboxylic acids is 2. The molecule has 0 radical (unpaired) electrons. The molecule has 0 bridgehead atoms. The summed E-state index contributed by atoms with van der Waals surface area (Å²) in [7, 11) is 3.11. The van der Waals surface area contributed by atoms with Gasteiger partial charge in [-0.15, -0.1) is 0 Å². The first kappa shape index (κ1) is 17.2. The first-order chi connectivity index (χ1) is 11.7. The zero-order valence-electron chi connectivity index (χ0n) is 13.6. The number of methoxy groups -OCH3 is 2. The molecule has 0 spiro atoms. The first-order valence-electron chi connectivity index (χ1n) is 7.33. The first-order valence-corrected chi connectivity index (χ1v) is 7.33. The van der Waals surface area contributed by atoms with Crippen molar-refractivity contribution in [1.82, 2.24) is 0 Å². The third-order valence-corrected chi connectivity index (χ3v) is 3.49. The molecule has 4 heteroatoms. The number of para-hydroxylation sites is 2. The lowest BCUT2D eigenvalue weighted by molar-refractivity contribution is -0.107. The van der Waals surface area contributed by atoms with Gasteiger partial charge in [0.1, 0.15) is 11.5 Å². The van der Waals surface area contributed by atoms with Gasteiger partial charge in [0, 0.05) is 22.3 Å². The molecule has 0 aromatic heterocycles. The van der Waals surface area contributed by atoms with Gasteiger partial charge < -0.3 is 9.47 Å². The van der Waals surface area contributed by atoms with Crippen LogP contribution in [-0.4, -0.2) is 26.8 Å². The molecule has 0 fully saturated rings. The minimum absolute atomic E-state index is 0.264. The highest BCUT2D eigenvalue weighted by Gasteiger charge is 2.08. The summed E-state index contributed by atoms with van der Waals surface area (Å²) in [6.45, 7) is 0. The molecule has 0 heterocycles. The zero-order valence-corrected chi connectivity index (χ0v) is 13.6. The van der Waals surface area contributed by atoms with E-state index in [1.54, 1.807) is 38.5 Å². The average Bonchev–Trinajstić information content (AvgIpc) is 2.65. The van der Waals surface area contributed by atoms with Crippen molar-refractivity contribution >= 4 is 24.7 Å². The summed E-state index contributed by atoms with van der Waals surface area (Å²) in [5.41, 5.74) is 1.96. The predicted molar refractivity (Wildman–Crippen MR) is 94.1 cm³/mol. The van der Waals surface area contributed by atoms with Crippen molar-refractivity contribution in [3.63, 3.8) is 0 Å². The van der Waals surface area contributed by atoms with Gasteiger partial charge in [-0.2, -0.15) is 0 Å².